The number of aryl methyl sites for hydroxylation is 1. The molecule has 84 valence electrons. The third-order valence-electron chi connectivity index (χ3n) is 2.31. The molecule has 0 amide bonds. The molecule has 0 spiro atoms. The number of nitrogens with two attached hydrogens (primary N) is 1. The van der Waals surface area contributed by atoms with Gasteiger partial charge in [0, 0.05) is 16.3 Å². The smallest absolute Gasteiger partial charge is 0.132 e. The third-order valence-corrected chi connectivity index (χ3v) is 2.55. The Balaban J connectivity index is 2.57. The van der Waals surface area contributed by atoms with Crippen molar-refractivity contribution in [1.29, 1.82) is 0 Å². The molecule has 0 unspecified atom stereocenters. The van der Waals surface area contributed by atoms with Crippen LogP contribution in [0.1, 0.15) is 11.5 Å². The van der Waals surface area contributed by atoms with Crippen molar-refractivity contribution in [2.45, 2.75) is 13.5 Å². The second kappa shape index (κ2) is 4.23. The first-order chi connectivity index (χ1) is 7.61. The molecule has 0 radical (unpaired) electrons. The topological polar surface area (TPSA) is 54.7 Å². The summed E-state index contributed by atoms with van der Waals surface area (Å²) in [6.07, 6.45) is 0. The number of imidazole rings is 1. The van der Waals surface area contributed by atoms with E-state index in [1.54, 1.807) is 6.07 Å². The Morgan fingerprint density at radius 1 is 1.50 bits per heavy atom. The van der Waals surface area contributed by atoms with Crippen LogP contribution in [0, 0.1) is 12.7 Å². The van der Waals surface area contributed by atoms with Crippen molar-refractivity contribution in [1.82, 2.24) is 9.97 Å². The second-order valence-electron chi connectivity index (χ2n) is 3.49. The van der Waals surface area contributed by atoms with Crippen molar-refractivity contribution in [2.24, 2.45) is 5.73 Å². The summed E-state index contributed by atoms with van der Waals surface area (Å²) in [4.78, 5) is 7.21. The molecule has 0 saturated carbocycles. The molecule has 3 N–H and O–H groups in total. The Morgan fingerprint density at radius 2 is 2.25 bits per heavy atom. The molecular weight excluding hydrogens is 229 g/mol. The van der Waals surface area contributed by atoms with Crippen molar-refractivity contribution < 1.29 is 4.39 Å². The number of benzene rings is 1. The van der Waals surface area contributed by atoms with Gasteiger partial charge in [-0.2, -0.15) is 0 Å². The molecule has 5 heteroatoms. The minimum atomic E-state index is -0.345. The van der Waals surface area contributed by atoms with Crippen LogP contribution in [0.5, 0.6) is 0 Å². The second-order valence-corrected chi connectivity index (χ2v) is 3.92. The van der Waals surface area contributed by atoms with Gasteiger partial charge < -0.3 is 10.7 Å². The van der Waals surface area contributed by atoms with E-state index >= 15 is 0 Å². The minimum absolute atomic E-state index is 0.295. The van der Waals surface area contributed by atoms with Crippen molar-refractivity contribution in [3.05, 3.63) is 40.6 Å². The number of nitrogens with one attached hydrogen (secondary N) is 1. The summed E-state index contributed by atoms with van der Waals surface area (Å²) >= 11 is 5.83. The number of hydrogen-bond acceptors (Lipinski definition) is 2. The van der Waals surface area contributed by atoms with Gasteiger partial charge in [-0.25, -0.2) is 9.37 Å². The molecular formula is C11H11ClFN3. The van der Waals surface area contributed by atoms with Gasteiger partial charge in [-0.15, -0.1) is 0 Å². The zero-order valence-corrected chi connectivity index (χ0v) is 9.48. The number of nitrogens with zero attached hydrogens (tertiary/aromatic N) is 1. The van der Waals surface area contributed by atoms with Gasteiger partial charge in [-0.3, -0.25) is 0 Å². The third kappa shape index (κ3) is 1.94. The molecule has 1 aromatic carbocycles. The highest BCUT2D eigenvalue weighted by Gasteiger charge is 2.12. The molecule has 0 atom stereocenters. The maximum absolute atomic E-state index is 13.6. The van der Waals surface area contributed by atoms with Crippen LogP contribution in [0.15, 0.2) is 18.2 Å². The molecule has 2 rings (SSSR count). The maximum Gasteiger partial charge on any atom is 0.132 e. The SMILES string of the molecule is Cc1[nH]c(CN)nc1-c1cc(Cl)ccc1F. The van der Waals surface area contributed by atoms with Crippen molar-refractivity contribution in [3.8, 4) is 11.3 Å². The fourth-order valence-electron chi connectivity index (χ4n) is 1.56. The largest absolute Gasteiger partial charge is 0.344 e. The number of aromatic amines is 1. The Morgan fingerprint density at radius 3 is 2.88 bits per heavy atom. The van der Waals surface area contributed by atoms with Gasteiger partial charge in [0.15, 0.2) is 0 Å². The Labute approximate surface area is 97.5 Å². The minimum Gasteiger partial charge on any atom is -0.344 e. The van der Waals surface area contributed by atoms with Crippen LogP contribution in [-0.2, 0) is 6.54 Å². The van der Waals surface area contributed by atoms with Crippen molar-refractivity contribution in [2.75, 3.05) is 0 Å². The molecule has 1 heterocycles. The Kier molecular flexibility index (Phi) is 2.94. The highest BCUT2D eigenvalue weighted by atomic mass is 35.5. The lowest BCUT2D eigenvalue weighted by atomic mass is 10.1. The summed E-state index contributed by atoms with van der Waals surface area (Å²) in [5, 5.41) is 0.480. The summed E-state index contributed by atoms with van der Waals surface area (Å²) in [5.41, 5.74) is 7.19. The van der Waals surface area contributed by atoms with Crippen LogP contribution in [0.4, 0.5) is 4.39 Å². The van der Waals surface area contributed by atoms with Gasteiger partial charge in [-0.05, 0) is 25.1 Å². The fourth-order valence-corrected chi connectivity index (χ4v) is 1.73. The first kappa shape index (κ1) is 11.1. The summed E-state index contributed by atoms with van der Waals surface area (Å²) in [5.74, 6) is 0.287. The molecule has 0 aliphatic heterocycles. The molecule has 0 bridgehead atoms. The van der Waals surface area contributed by atoms with E-state index in [1.165, 1.54) is 12.1 Å². The zero-order valence-electron chi connectivity index (χ0n) is 8.72. The number of rotatable bonds is 2. The molecule has 1 aromatic heterocycles. The first-order valence-electron chi connectivity index (χ1n) is 4.83. The van der Waals surface area contributed by atoms with E-state index in [2.05, 4.69) is 9.97 Å². The first-order valence-corrected chi connectivity index (χ1v) is 5.20. The summed E-state index contributed by atoms with van der Waals surface area (Å²) < 4.78 is 13.6. The number of hydrogen-bond donors (Lipinski definition) is 2. The molecule has 0 fully saturated rings. The fraction of sp³-hybridized carbons (Fsp3) is 0.182. The van der Waals surface area contributed by atoms with E-state index in [4.69, 9.17) is 17.3 Å². The Bertz CT molecular complexity index is 522. The predicted octanol–water partition coefficient (Wildman–Crippen LogP) is 2.64. The highest BCUT2D eigenvalue weighted by molar-refractivity contribution is 6.30. The number of halogens is 2. The van der Waals surface area contributed by atoms with Crippen LogP contribution in [0.2, 0.25) is 5.02 Å². The lowest BCUT2D eigenvalue weighted by Crippen LogP contribution is -1.98. The van der Waals surface area contributed by atoms with Gasteiger partial charge in [0.25, 0.3) is 0 Å². The quantitative estimate of drug-likeness (QED) is 0.847. The lowest BCUT2D eigenvalue weighted by molar-refractivity contribution is 0.630. The number of H-pyrrole nitrogens is 1. The molecule has 0 saturated heterocycles. The highest BCUT2D eigenvalue weighted by Crippen LogP contribution is 2.26. The van der Waals surface area contributed by atoms with Gasteiger partial charge >= 0.3 is 0 Å². The lowest BCUT2D eigenvalue weighted by Gasteiger charge is -2.01. The Hall–Kier alpha value is -1.39. The van der Waals surface area contributed by atoms with E-state index in [1.807, 2.05) is 6.92 Å². The van der Waals surface area contributed by atoms with Crippen molar-refractivity contribution in [3.63, 3.8) is 0 Å². The molecule has 2 aromatic rings. The van der Waals surface area contributed by atoms with Crippen LogP contribution in [-0.4, -0.2) is 9.97 Å². The standard InChI is InChI=1S/C11H11ClFN3/c1-6-11(16-10(5-14)15-6)8-4-7(12)2-3-9(8)13/h2-4H,5,14H2,1H3,(H,15,16). The van der Waals surface area contributed by atoms with Crippen LogP contribution in [0.3, 0.4) is 0 Å². The van der Waals surface area contributed by atoms with Crippen LogP contribution in [0.25, 0.3) is 11.3 Å². The van der Waals surface area contributed by atoms with E-state index in [0.29, 0.717) is 28.6 Å². The average molecular weight is 240 g/mol. The number of aromatic nitrogens is 2. The molecule has 0 aliphatic rings. The van der Waals surface area contributed by atoms with E-state index in [0.717, 1.165) is 5.69 Å². The van der Waals surface area contributed by atoms with Crippen LogP contribution < -0.4 is 5.73 Å². The van der Waals surface area contributed by atoms with Gasteiger partial charge in [0.1, 0.15) is 11.6 Å². The van der Waals surface area contributed by atoms with Gasteiger partial charge in [-0.1, -0.05) is 11.6 Å². The monoisotopic (exact) mass is 239 g/mol. The molecule has 16 heavy (non-hydrogen) atoms. The van der Waals surface area contributed by atoms with Crippen LogP contribution >= 0.6 is 11.6 Å². The van der Waals surface area contributed by atoms with Gasteiger partial charge in [0.2, 0.25) is 0 Å². The van der Waals surface area contributed by atoms with E-state index in [9.17, 15) is 4.39 Å². The van der Waals surface area contributed by atoms with Crippen molar-refractivity contribution >= 4 is 11.6 Å². The summed E-state index contributed by atoms with van der Waals surface area (Å²) in [6.45, 7) is 2.12. The predicted molar refractivity (Wildman–Crippen MR) is 61.6 cm³/mol. The summed E-state index contributed by atoms with van der Waals surface area (Å²) in [7, 11) is 0. The normalized spacial score (nSPS) is 10.8. The maximum atomic E-state index is 13.6. The summed E-state index contributed by atoms with van der Waals surface area (Å²) in [6, 6.07) is 4.39. The molecule has 3 nitrogen and oxygen atoms in total. The van der Waals surface area contributed by atoms with Gasteiger partial charge in [0.05, 0.1) is 12.2 Å². The average Bonchev–Trinajstić information content (AvgIpc) is 2.63. The van der Waals surface area contributed by atoms with E-state index in [-0.39, 0.29) is 5.82 Å². The molecule has 0 aliphatic carbocycles. The zero-order chi connectivity index (χ0) is 11.7. The van der Waals surface area contributed by atoms with E-state index < -0.39 is 0 Å².